The van der Waals surface area contributed by atoms with Gasteiger partial charge in [0.1, 0.15) is 0 Å². The third-order valence-electron chi connectivity index (χ3n) is 4.00. The van der Waals surface area contributed by atoms with Gasteiger partial charge in [0.25, 0.3) is 5.91 Å². The van der Waals surface area contributed by atoms with Crippen LogP contribution < -0.4 is 5.32 Å². The normalized spacial score (nSPS) is 18.5. The second kappa shape index (κ2) is 7.27. The molecule has 2 aromatic rings. The molecule has 1 N–H and O–H groups in total. The lowest BCUT2D eigenvalue weighted by atomic mass is 10.1. The zero-order valence-corrected chi connectivity index (χ0v) is 13.9. The number of hydrogen-bond acceptors (Lipinski definition) is 3. The van der Waals surface area contributed by atoms with Gasteiger partial charge in [0.05, 0.1) is 0 Å². The van der Waals surface area contributed by atoms with E-state index in [2.05, 4.69) is 16.3 Å². The van der Waals surface area contributed by atoms with E-state index in [1.807, 2.05) is 35.0 Å². The van der Waals surface area contributed by atoms with Crippen molar-refractivity contribution in [2.24, 2.45) is 5.92 Å². The van der Waals surface area contributed by atoms with Gasteiger partial charge in [-0.2, -0.15) is 11.3 Å². The third kappa shape index (κ3) is 4.09. The van der Waals surface area contributed by atoms with Crippen LogP contribution in [0.4, 0.5) is 0 Å². The highest BCUT2D eigenvalue weighted by molar-refractivity contribution is 7.08. The summed E-state index contributed by atoms with van der Waals surface area (Å²) in [6.07, 6.45) is 1.13. The van der Waals surface area contributed by atoms with Crippen molar-refractivity contribution in [3.8, 4) is 0 Å². The number of rotatable bonds is 5. The summed E-state index contributed by atoms with van der Waals surface area (Å²) in [7, 11) is 0. The first kappa shape index (κ1) is 15.5. The van der Waals surface area contributed by atoms with E-state index >= 15 is 0 Å². The number of nitrogens with one attached hydrogen (secondary N) is 1. The molecule has 1 aromatic carbocycles. The van der Waals surface area contributed by atoms with Crippen molar-refractivity contribution in [3.05, 3.63) is 57.2 Å². The smallest absolute Gasteiger partial charge is 0.252 e. The highest BCUT2D eigenvalue weighted by atomic mass is 35.5. The summed E-state index contributed by atoms with van der Waals surface area (Å²) in [5, 5.41) is 7.64. The Morgan fingerprint density at radius 3 is 3.09 bits per heavy atom. The Balaban J connectivity index is 1.45. The number of benzene rings is 1. The Bertz CT molecular complexity index is 629. The van der Waals surface area contributed by atoms with Gasteiger partial charge in [-0.15, -0.1) is 0 Å². The number of halogens is 1. The lowest BCUT2D eigenvalue weighted by molar-refractivity contribution is 0.0947. The molecule has 3 rings (SSSR count). The minimum atomic E-state index is 0.0366. The first-order valence-electron chi connectivity index (χ1n) is 7.48. The molecule has 1 aliphatic rings. The number of thiophene rings is 1. The Morgan fingerprint density at radius 2 is 2.32 bits per heavy atom. The minimum Gasteiger partial charge on any atom is -0.352 e. The Hall–Kier alpha value is -1.36. The second-order valence-corrected chi connectivity index (χ2v) is 6.96. The van der Waals surface area contributed by atoms with E-state index in [1.54, 1.807) is 11.3 Å². The van der Waals surface area contributed by atoms with Crippen LogP contribution in [0, 0.1) is 5.92 Å². The van der Waals surface area contributed by atoms with Crippen molar-refractivity contribution in [2.75, 3.05) is 19.6 Å². The Kier molecular flexibility index (Phi) is 5.13. The maximum Gasteiger partial charge on any atom is 0.252 e. The first-order chi connectivity index (χ1) is 10.7. The van der Waals surface area contributed by atoms with Crippen LogP contribution in [-0.2, 0) is 6.54 Å². The van der Waals surface area contributed by atoms with Gasteiger partial charge in [-0.05, 0) is 48.0 Å². The minimum absolute atomic E-state index is 0.0366. The van der Waals surface area contributed by atoms with Gasteiger partial charge in [0.15, 0.2) is 0 Å². The van der Waals surface area contributed by atoms with Crippen molar-refractivity contribution in [3.63, 3.8) is 0 Å². The largest absolute Gasteiger partial charge is 0.352 e. The molecule has 0 aliphatic carbocycles. The molecule has 1 amide bonds. The number of likely N-dealkylation sites (tertiary alicyclic amines) is 1. The molecule has 1 aromatic heterocycles. The summed E-state index contributed by atoms with van der Waals surface area (Å²) in [6.45, 7) is 3.78. The van der Waals surface area contributed by atoms with Gasteiger partial charge in [-0.3, -0.25) is 9.69 Å². The summed E-state index contributed by atoms with van der Waals surface area (Å²) >= 11 is 7.58. The molecular formula is C17H19ClN2OS. The zero-order chi connectivity index (χ0) is 15.4. The average molecular weight is 335 g/mol. The second-order valence-electron chi connectivity index (χ2n) is 5.74. The van der Waals surface area contributed by atoms with E-state index in [4.69, 9.17) is 11.6 Å². The van der Waals surface area contributed by atoms with Crippen molar-refractivity contribution in [1.82, 2.24) is 10.2 Å². The van der Waals surface area contributed by atoms with E-state index < -0.39 is 0 Å². The molecule has 2 heterocycles. The molecule has 0 unspecified atom stereocenters. The maximum absolute atomic E-state index is 11.9. The number of carbonyl (C=O) groups is 1. The van der Waals surface area contributed by atoms with E-state index in [0.717, 1.165) is 43.2 Å². The molecule has 22 heavy (non-hydrogen) atoms. The molecule has 0 saturated carbocycles. The number of hydrogen-bond donors (Lipinski definition) is 1. The van der Waals surface area contributed by atoms with Crippen LogP contribution in [0.25, 0.3) is 0 Å². The fourth-order valence-corrected chi connectivity index (χ4v) is 3.70. The molecule has 1 fully saturated rings. The fourth-order valence-electron chi connectivity index (χ4n) is 2.85. The third-order valence-corrected chi connectivity index (χ3v) is 4.92. The Morgan fingerprint density at radius 1 is 1.41 bits per heavy atom. The monoisotopic (exact) mass is 334 g/mol. The van der Waals surface area contributed by atoms with Crippen molar-refractivity contribution >= 4 is 28.8 Å². The molecular weight excluding hydrogens is 316 g/mol. The van der Waals surface area contributed by atoms with Gasteiger partial charge >= 0.3 is 0 Å². The molecule has 5 heteroatoms. The van der Waals surface area contributed by atoms with Crippen molar-refractivity contribution < 1.29 is 4.79 Å². The molecule has 0 radical (unpaired) electrons. The molecule has 3 nitrogen and oxygen atoms in total. The summed E-state index contributed by atoms with van der Waals surface area (Å²) < 4.78 is 0. The van der Waals surface area contributed by atoms with E-state index in [9.17, 15) is 4.79 Å². The fraction of sp³-hybridized carbons (Fsp3) is 0.353. The predicted molar refractivity (Wildman–Crippen MR) is 91.5 cm³/mol. The van der Waals surface area contributed by atoms with Crippen molar-refractivity contribution in [1.29, 1.82) is 0 Å². The van der Waals surface area contributed by atoms with Gasteiger partial charge in [-0.1, -0.05) is 23.7 Å². The molecule has 1 aliphatic heterocycles. The molecule has 0 bridgehead atoms. The van der Waals surface area contributed by atoms with Gasteiger partial charge in [0, 0.05) is 35.6 Å². The summed E-state index contributed by atoms with van der Waals surface area (Å²) in [4.78, 5) is 14.4. The van der Waals surface area contributed by atoms with Crippen molar-refractivity contribution in [2.45, 2.75) is 13.0 Å². The quantitative estimate of drug-likeness (QED) is 0.905. The van der Waals surface area contributed by atoms with Gasteiger partial charge < -0.3 is 5.32 Å². The topological polar surface area (TPSA) is 32.3 Å². The van der Waals surface area contributed by atoms with E-state index in [0.29, 0.717) is 5.92 Å². The molecule has 0 spiro atoms. The predicted octanol–water partition coefficient (Wildman–Crippen LogP) is 3.65. The molecule has 116 valence electrons. The van der Waals surface area contributed by atoms with Crippen LogP contribution in [0.15, 0.2) is 41.1 Å². The Labute approximate surface area is 139 Å². The zero-order valence-electron chi connectivity index (χ0n) is 12.3. The molecule has 1 atom stereocenters. The van der Waals surface area contributed by atoms with Crippen LogP contribution in [0.5, 0.6) is 0 Å². The van der Waals surface area contributed by atoms with Gasteiger partial charge in [-0.25, -0.2) is 0 Å². The maximum atomic E-state index is 11.9. The number of amides is 1. The first-order valence-corrected chi connectivity index (χ1v) is 8.80. The van der Waals surface area contributed by atoms with Crippen LogP contribution in [0.3, 0.4) is 0 Å². The summed E-state index contributed by atoms with van der Waals surface area (Å²) in [5.41, 5.74) is 2.01. The van der Waals surface area contributed by atoms with E-state index in [-0.39, 0.29) is 5.91 Å². The standard InChI is InChI=1S/C17H19ClN2OS/c18-16-3-1-2-13(8-16)10-20-6-4-14(11-20)9-19-17(21)15-5-7-22-12-15/h1-3,5,7-8,12,14H,4,6,9-11H2,(H,19,21)/t14-/m1/s1. The average Bonchev–Trinajstić information content (AvgIpc) is 3.16. The van der Waals surface area contributed by atoms with Crippen LogP contribution >= 0.6 is 22.9 Å². The van der Waals surface area contributed by atoms with E-state index in [1.165, 1.54) is 5.56 Å². The number of nitrogens with zero attached hydrogens (tertiary/aromatic N) is 1. The summed E-state index contributed by atoms with van der Waals surface area (Å²) in [6, 6.07) is 9.88. The highest BCUT2D eigenvalue weighted by Gasteiger charge is 2.23. The molecule has 1 saturated heterocycles. The lowest BCUT2D eigenvalue weighted by Gasteiger charge is -2.16. The van der Waals surface area contributed by atoms with Crippen LogP contribution in [0.1, 0.15) is 22.3 Å². The van der Waals surface area contributed by atoms with Gasteiger partial charge in [0.2, 0.25) is 0 Å². The van der Waals surface area contributed by atoms with Crippen LogP contribution in [-0.4, -0.2) is 30.4 Å². The number of carbonyl (C=O) groups excluding carboxylic acids is 1. The highest BCUT2D eigenvalue weighted by Crippen LogP contribution is 2.20. The summed E-state index contributed by atoms with van der Waals surface area (Å²) in [5.74, 6) is 0.566. The lowest BCUT2D eigenvalue weighted by Crippen LogP contribution is -2.30. The SMILES string of the molecule is O=C(NC[C@H]1CCN(Cc2cccc(Cl)c2)C1)c1ccsc1. The van der Waals surface area contributed by atoms with Crippen LogP contribution in [0.2, 0.25) is 5.02 Å².